The normalized spacial score (nSPS) is 25.4. The molecule has 2 heteroatoms. The van der Waals surface area contributed by atoms with Crippen molar-refractivity contribution in [2.75, 3.05) is 0 Å². The van der Waals surface area contributed by atoms with Gasteiger partial charge in [-0.25, -0.2) is 0 Å². The van der Waals surface area contributed by atoms with Crippen LogP contribution in [0.2, 0.25) is 5.54 Å². The zero-order valence-corrected chi connectivity index (χ0v) is 45.5. The van der Waals surface area contributed by atoms with Gasteiger partial charge >= 0.3 is 0 Å². The van der Waals surface area contributed by atoms with Gasteiger partial charge in [0.2, 0.25) is 6.71 Å². The van der Waals surface area contributed by atoms with Crippen LogP contribution in [-0.2, 0) is 0 Å². The molecule has 0 aliphatic heterocycles. The van der Waals surface area contributed by atoms with Gasteiger partial charge in [0.1, 0.15) is 0 Å². The average Bonchev–Trinajstić information content (AvgIpc) is 4.28. The predicted molar refractivity (Wildman–Crippen MR) is 319 cm³/mol. The van der Waals surface area contributed by atoms with E-state index in [9.17, 15) is 0 Å². The van der Waals surface area contributed by atoms with Crippen molar-refractivity contribution in [2.45, 2.75) is 97.9 Å². The highest BCUT2D eigenvalue weighted by Gasteiger charge is 2.75. The summed E-state index contributed by atoms with van der Waals surface area (Å²) in [6, 6.07) is 63.6. The van der Waals surface area contributed by atoms with Gasteiger partial charge in [0.15, 0.2) is 8.07 Å². The third-order valence-electron chi connectivity index (χ3n) is 19.9. The summed E-state index contributed by atoms with van der Waals surface area (Å²) in [6.07, 6.45) is 26.6. The van der Waals surface area contributed by atoms with Gasteiger partial charge in [-0.05, 0) is 176 Å². The number of hydrogen-bond acceptors (Lipinski definition) is 0. The van der Waals surface area contributed by atoms with Crippen LogP contribution in [0.1, 0.15) is 101 Å². The largest absolute Gasteiger partial charge is 0.242 e. The second-order valence-corrected chi connectivity index (χ2v) is 28.2. The van der Waals surface area contributed by atoms with E-state index in [2.05, 4.69) is 248 Å². The molecule has 0 amide bonds. The third kappa shape index (κ3) is 7.76. The van der Waals surface area contributed by atoms with E-state index in [1.165, 1.54) is 120 Å². The smallest absolute Gasteiger partial charge is 0.0825 e. The Kier molecular flexibility index (Phi) is 11.8. The number of benzene rings is 7. The van der Waals surface area contributed by atoms with E-state index in [-0.39, 0.29) is 12.1 Å². The van der Waals surface area contributed by atoms with Gasteiger partial charge in [0.05, 0.1) is 0 Å². The maximum absolute atomic E-state index is 2.76. The van der Waals surface area contributed by atoms with Crippen LogP contribution >= 0.6 is 0 Å². The van der Waals surface area contributed by atoms with Crippen molar-refractivity contribution in [3.8, 4) is 0 Å². The molecule has 6 unspecified atom stereocenters. The second kappa shape index (κ2) is 18.4. The van der Waals surface area contributed by atoms with E-state index in [0.717, 1.165) is 30.6 Å². The maximum atomic E-state index is 2.76. The first-order valence-electron chi connectivity index (χ1n) is 28.0. The SMILES string of the molecule is Cc1cc(C)c(B(c2cccc(C3=CC=CC(c4ccc(C5CC6(C7=CCC([Si](c8ccccc8)(c8ccccc8)c8ccccc8)C=C7)CC7CC8(CC58)[C@H]7C6)cc4)=CC3)c2)c2c(C)cc(C)cc2C)c(C)c1. The topological polar surface area (TPSA) is 0 Å². The van der Waals surface area contributed by atoms with Gasteiger partial charge in [0, 0.05) is 0 Å². The van der Waals surface area contributed by atoms with E-state index in [1.54, 1.807) is 11.1 Å². The van der Waals surface area contributed by atoms with Crippen LogP contribution in [0.3, 0.4) is 0 Å². The van der Waals surface area contributed by atoms with Crippen molar-refractivity contribution in [1.82, 2.24) is 0 Å². The number of rotatable bonds is 11. The van der Waals surface area contributed by atoms with Crippen LogP contribution in [-0.4, -0.2) is 14.8 Å². The molecular formula is C72H71BSi. The van der Waals surface area contributed by atoms with Crippen molar-refractivity contribution in [3.63, 3.8) is 0 Å². The zero-order valence-electron chi connectivity index (χ0n) is 44.5. The quantitative estimate of drug-likeness (QED) is 0.0895. The second-order valence-electron chi connectivity index (χ2n) is 24.1. The van der Waals surface area contributed by atoms with E-state index in [4.69, 9.17) is 0 Å². The predicted octanol–water partition coefficient (Wildman–Crippen LogP) is 13.8. The standard InChI is InChI=1S/C72H71BSi/c1-48-38-50(3)69(51(4)39-48)73(70-52(5)40-49(2)41-53(70)6)61-21-17-20-58(42-61)55-19-16-18-54(28-29-55)56-30-32-57(33-31-56)66-45-71(43-59-44-72(47-68(66)72)67(59)46-71)60-34-36-65(37-35-60)74(62-22-10-7-11-23-62,63-24-12-8-13-25-63)64-26-14-9-15-27-64/h7-28,30-36,38-42,59,65-68H,29,37,43-47H2,1-6H3/t59?,65?,66?,67-,68?,71?,72?/m0/s1. The first-order valence-corrected chi connectivity index (χ1v) is 30.1. The van der Waals surface area contributed by atoms with Crippen molar-refractivity contribution in [2.24, 2.45) is 28.6 Å². The minimum absolute atomic E-state index is 0.159. The summed E-state index contributed by atoms with van der Waals surface area (Å²) in [5, 5.41) is 4.53. The van der Waals surface area contributed by atoms with Gasteiger partial charge in [-0.15, -0.1) is 0 Å². The molecule has 0 radical (unpaired) electrons. The molecule has 7 atom stereocenters. The molecule has 0 heterocycles. The van der Waals surface area contributed by atoms with E-state index >= 15 is 0 Å². The highest BCUT2D eigenvalue weighted by molar-refractivity contribution is 7.12. The molecule has 4 fully saturated rings. The first kappa shape index (κ1) is 47.2. The van der Waals surface area contributed by atoms with Gasteiger partial charge in [-0.3, -0.25) is 0 Å². The van der Waals surface area contributed by atoms with Gasteiger partial charge in [0.25, 0.3) is 0 Å². The Balaban J connectivity index is 0.767. The van der Waals surface area contributed by atoms with Crippen LogP contribution in [0.25, 0.3) is 11.1 Å². The minimum Gasteiger partial charge on any atom is -0.0825 e. The summed E-state index contributed by atoms with van der Waals surface area (Å²) in [4.78, 5) is 0. The Morgan fingerprint density at radius 2 is 1.11 bits per heavy atom. The molecule has 2 bridgehead atoms. The molecule has 0 nitrogen and oxygen atoms in total. The molecule has 0 N–H and O–H groups in total. The van der Waals surface area contributed by atoms with E-state index < -0.39 is 8.07 Å². The van der Waals surface area contributed by atoms with E-state index in [0.29, 0.717) is 16.9 Å². The minimum atomic E-state index is -2.44. The fourth-order valence-electron chi connectivity index (χ4n) is 16.9. The Labute approximate surface area is 443 Å². The Bertz CT molecular complexity index is 3260. The molecule has 366 valence electrons. The highest BCUT2D eigenvalue weighted by Crippen LogP contribution is 2.84. The average molecular weight is 975 g/mol. The summed E-state index contributed by atoms with van der Waals surface area (Å²) in [7, 11) is -2.44. The first-order chi connectivity index (χ1) is 36.0. The summed E-state index contributed by atoms with van der Waals surface area (Å²) < 4.78 is 0. The van der Waals surface area contributed by atoms with Crippen molar-refractivity contribution < 1.29 is 0 Å². The Morgan fingerprint density at radius 1 is 0.514 bits per heavy atom. The lowest BCUT2D eigenvalue weighted by molar-refractivity contribution is 0.0567. The summed E-state index contributed by atoms with van der Waals surface area (Å²) in [6.45, 7) is 13.8. The lowest BCUT2D eigenvalue weighted by Gasteiger charge is -2.44. The summed E-state index contributed by atoms with van der Waals surface area (Å²) in [5.41, 5.74) is 22.3. The molecule has 6 aliphatic rings. The molecular weight excluding hydrogens is 904 g/mol. The fourth-order valence-corrected chi connectivity index (χ4v) is 22.2. The van der Waals surface area contributed by atoms with Crippen LogP contribution in [0.4, 0.5) is 0 Å². The Morgan fingerprint density at radius 3 is 1.68 bits per heavy atom. The number of aryl methyl sites for hydroxylation is 6. The number of hydrogen-bond donors (Lipinski definition) is 0. The fraction of sp³-hybridized carbons (Fsp3) is 0.278. The molecule has 7 aromatic rings. The van der Waals surface area contributed by atoms with Crippen molar-refractivity contribution in [1.29, 1.82) is 0 Å². The van der Waals surface area contributed by atoms with Crippen LogP contribution in [0, 0.1) is 70.1 Å². The van der Waals surface area contributed by atoms with Crippen molar-refractivity contribution in [3.05, 3.63) is 262 Å². The third-order valence-corrected chi connectivity index (χ3v) is 25.1. The highest BCUT2D eigenvalue weighted by atomic mass is 28.3. The molecule has 4 saturated carbocycles. The molecule has 6 aliphatic carbocycles. The molecule has 13 rings (SSSR count). The Hall–Kier alpha value is -6.48. The zero-order chi connectivity index (χ0) is 50.3. The summed E-state index contributed by atoms with van der Waals surface area (Å²) in [5.74, 6) is 3.29. The maximum Gasteiger partial charge on any atom is 0.242 e. The number of fused-ring (bicyclic) bond motifs is 1. The monoisotopic (exact) mass is 975 g/mol. The molecule has 7 aromatic carbocycles. The van der Waals surface area contributed by atoms with Gasteiger partial charge < -0.3 is 0 Å². The van der Waals surface area contributed by atoms with Crippen LogP contribution in [0.15, 0.2) is 212 Å². The van der Waals surface area contributed by atoms with Crippen LogP contribution in [0.5, 0.6) is 0 Å². The summed E-state index contributed by atoms with van der Waals surface area (Å²) >= 11 is 0. The van der Waals surface area contributed by atoms with E-state index in [1.807, 2.05) is 0 Å². The van der Waals surface area contributed by atoms with Crippen LogP contribution < -0.4 is 31.9 Å². The van der Waals surface area contributed by atoms with Gasteiger partial charge in [-0.2, -0.15) is 0 Å². The molecule has 0 aromatic heterocycles. The molecule has 1 spiro atoms. The molecule has 0 saturated heterocycles. The van der Waals surface area contributed by atoms with Gasteiger partial charge in [-0.1, -0.05) is 256 Å². The lowest BCUT2D eigenvalue weighted by atomic mass is 9.34. The van der Waals surface area contributed by atoms with Crippen molar-refractivity contribution >= 4 is 57.9 Å². The lowest BCUT2D eigenvalue weighted by Crippen LogP contribution is -2.69. The number of allylic oxidation sites excluding steroid dienone is 10. The molecule has 74 heavy (non-hydrogen) atoms.